The van der Waals surface area contributed by atoms with Crippen molar-refractivity contribution in [3.8, 4) is 0 Å². The average molecular weight is 319 g/mol. The number of carbonyl (C=O) groups excluding carboxylic acids is 1. The van der Waals surface area contributed by atoms with Gasteiger partial charge < -0.3 is 0 Å². The summed E-state index contributed by atoms with van der Waals surface area (Å²) in [7, 11) is 0. The molecule has 0 aliphatic rings. The van der Waals surface area contributed by atoms with Crippen LogP contribution in [-0.2, 0) is 6.42 Å². The van der Waals surface area contributed by atoms with Gasteiger partial charge >= 0.3 is 0 Å². The number of fused-ring (bicyclic) bond motifs is 1. The Morgan fingerprint density at radius 3 is 2.76 bits per heavy atom. The van der Waals surface area contributed by atoms with E-state index in [9.17, 15) is 9.18 Å². The fourth-order valence-electron chi connectivity index (χ4n) is 2.20. The van der Waals surface area contributed by atoms with Crippen molar-refractivity contribution < 1.29 is 9.18 Å². The largest absolute Gasteiger partial charge is 0.293 e. The van der Waals surface area contributed by atoms with Gasteiger partial charge in [0.2, 0.25) is 0 Å². The molecule has 1 heterocycles. The Balaban J connectivity index is 1.89. The van der Waals surface area contributed by atoms with Crippen LogP contribution in [0.5, 0.6) is 0 Å². The summed E-state index contributed by atoms with van der Waals surface area (Å²) in [6.07, 6.45) is 0.258. The molecule has 0 bridgehead atoms. The molecule has 0 fully saturated rings. The van der Waals surface area contributed by atoms with Crippen LogP contribution in [-0.4, -0.2) is 5.78 Å². The number of carbonyl (C=O) groups is 1. The van der Waals surface area contributed by atoms with E-state index in [1.807, 2.05) is 31.2 Å². The van der Waals surface area contributed by atoms with Crippen LogP contribution >= 0.6 is 22.9 Å². The minimum absolute atomic E-state index is 0.00219. The van der Waals surface area contributed by atoms with Gasteiger partial charge in [-0.15, -0.1) is 11.3 Å². The quantitative estimate of drug-likeness (QED) is 0.589. The maximum atomic E-state index is 13.2. The highest BCUT2D eigenvalue weighted by Crippen LogP contribution is 2.28. The molecule has 1 aromatic heterocycles. The number of thiophene rings is 1. The zero-order chi connectivity index (χ0) is 15.0. The predicted molar refractivity (Wildman–Crippen MR) is 86.0 cm³/mol. The highest BCUT2D eigenvalue weighted by Gasteiger charge is 2.13. The Labute approximate surface area is 131 Å². The van der Waals surface area contributed by atoms with Crippen LogP contribution in [0.2, 0.25) is 5.02 Å². The number of ketones is 1. The molecule has 106 valence electrons. The van der Waals surface area contributed by atoms with E-state index in [2.05, 4.69) is 0 Å². The Morgan fingerprint density at radius 2 is 2.00 bits per heavy atom. The van der Waals surface area contributed by atoms with Crippen molar-refractivity contribution in [2.45, 2.75) is 13.3 Å². The molecule has 0 N–H and O–H groups in total. The van der Waals surface area contributed by atoms with Gasteiger partial charge in [0.1, 0.15) is 5.82 Å². The molecular formula is C17H12ClFOS. The van der Waals surface area contributed by atoms with E-state index in [0.717, 1.165) is 21.2 Å². The van der Waals surface area contributed by atoms with E-state index in [1.54, 1.807) is 6.07 Å². The predicted octanol–water partition coefficient (Wildman–Crippen LogP) is 5.43. The first-order valence-corrected chi connectivity index (χ1v) is 7.70. The fourth-order valence-corrected chi connectivity index (χ4v) is 3.53. The molecule has 0 radical (unpaired) electrons. The molecule has 21 heavy (non-hydrogen) atoms. The van der Waals surface area contributed by atoms with E-state index in [4.69, 9.17) is 11.6 Å². The van der Waals surface area contributed by atoms with Crippen molar-refractivity contribution in [3.05, 3.63) is 69.3 Å². The normalized spacial score (nSPS) is 11.0. The van der Waals surface area contributed by atoms with E-state index >= 15 is 0 Å². The van der Waals surface area contributed by atoms with Crippen LogP contribution < -0.4 is 0 Å². The first-order valence-electron chi connectivity index (χ1n) is 6.50. The van der Waals surface area contributed by atoms with Gasteiger partial charge in [-0.1, -0.05) is 29.8 Å². The first kappa shape index (κ1) is 14.2. The third kappa shape index (κ3) is 2.99. The lowest BCUT2D eigenvalue weighted by molar-refractivity contribution is 0.0997. The smallest absolute Gasteiger partial charge is 0.177 e. The summed E-state index contributed by atoms with van der Waals surface area (Å²) in [5, 5.41) is 1.50. The Bertz CT molecular complexity index is 838. The molecule has 0 atom stereocenters. The molecule has 3 rings (SSSR count). The van der Waals surface area contributed by atoms with Crippen LogP contribution in [0.4, 0.5) is 4.39 Å². The Kier molecular flexibility index (Phi) is 3.79. The Morgan fingerprint density at radius 1 is 1.19 bits per heavy atom. The van der Waals surface area contributed by atoms with E-state index in [-0.39, 0.29) is 18.0 Å². The third-order valence-corrected chi connectivity index (χ3v) is 4.81. The zero-order valence-electron chi connectivity index (χ0n) is 11.3. The SMILES string of the molecule is Cc1ccc(CC(=O)c2cc3ccc(F)cc3s2)c(Cl)c1. The van der Waals surface area contributed by atoms with Crippen LogP contribution in [0, 0.1) is 12.7 Å². The van der Waals surface area contributed by atoms with Crippen molar-refractivity contribution in [1.29, 1.82) is 0 Å². The molecule has 0 amide bonds. The summed E-state index contributed by atoms with van der Waals surface area (Å²) in [6, 6.07) is 12.0. The fraction of sp³-hybridized carbons (Fsp3) is 0.118. The number of aryl methyl sites for hydroxylation is 1. The second kappa shape index (κ2) is 5.58. The van der Waals surface area contributed by atoms with Crippen molar-refractivity contribution in [1.82, 2.24) is 0 Å². The molecule has 0 unspecified atom stereocenters. The van der Waals surface area contributed by atoms with Gasteiger partial charge in [-0.25, -0.2) is 4.39 Å². The molecule has 0 spiro atoms. The molecule has 1 nitrogen and oxygen atoms in total. The summed E-state index contributed by atoms with van der Waals surface area (Å²) in [5.74, 6) is -0.285. The van der Waals surface area contributed by atoms with Crippen LogP contribution in [0.3, 0.4) is 0 Å². The number of halogens is 2. The van der Waals surface area contributed by atoms with Gasteiger partial charge in [0.25, 0.3) is 0 Å². The topological polar surface area (TPSA) is 17.1 Å². The highest BCUT2D eigenvalue weighted by molar-refractivity contribution is 7.20. The molecule has 0 aliphatic carbocycles. The number of benzene rings is 2. The maximum absolute atomic E-state index is 13.2. The van der Waals surface area contributed by atoms with Crippen molar-refractivity contribution >= 4 is 38.8 Å². The minimum atomic E-state index is -0.287. The summed E-state index contributed by atoms with van der Waals surface area (Å²) < 4.78 is 14.0. The molecule has 3 aromatic rings. The maximum Gasteiger partial charge on any atom is 0.177 e. The summed E-state index contributed by atoms with van der Waals surface area (Å²) in [5.41, 5.74) is 1.88. The van der Waals surface area contributed by atoms with Crippen molar-refractivity contribution in [2.75, 3.05) is 0 Å². The molecule has 0 saturated heterocycles. The van der Waals surface area contributed by atoms with E-state index in [0.29, 0.717) is 9.90 Å². The van der Waals surface area contributed by atoms with Gasteiger partial charge in [0, 0.05) is 16.1 Å². The second-order valence-corrected chi connectivity index (χ2v) is 6.48. The molecule has 0 saturated carbocycles. The monoisotopic (exact) mass is 318 g/mol. The number of hydrogen-bond donors (Lipinski definition) is 0. The number of Topliss-reactive ketones (excluding diaryl/α,β-unsaturated/α-hetero) is 1. The lowest BCUT2D eigenvalue weighted by Gasteiger charge is -2.03. The lowest BCUT2D eigenvalue weighted by Crippen LogP contribution is -2.01. The van der Waals surface area contributed by atoms with Crippen molar-refractivity contribution in [2.24, 2.45) is 0 Å². The summed E-state index contributed by atoms with van der Waals surface area (Å²) >= 11 is 7.48. The number of hydrogen-bond acceptors (Lipinski definition) is 2. The molecular weight excluding hydrogens is 307 g/mol. The van der Waals surface area contributed by atoms with Crippen LogP contribution in [0.25, 0.3) is 10.1 Å². The lowest BCUT2D eigenvalue weighted by atomic mass is 10.1. The minimum Gasteiger partial charge on any atom is -0.293 e. The zero-order valence-corrected chi connectivity index (χ0v) is 12.9. The van der Waals surface area contributed by atoms with Gasteiger partial charge in [-0.2, -0.15) is 0 Å². The average Bonchev–Trinajstić information content (AvgIpc) is 2.85. The van der Waals surface area contributed by atoms with Gasteiger partial charge in [0.05, 0.1) is 4.88 Å². The Hall–Kier alpha value is -1.71. The van der Waals surface area contributed by atoms with Crippen LogP contribution in [0.15, 0.2) is 42.5 Å². The molecule has 4 heteroatoms. The third-order valence-electron chi connectivity index (χ3n) is 3.32. The van der Waals surface area contributed by atoms with Crippen LogP contribution in [0.1, 0.15) is 20.8 Å². The summed E-state index contributed by atoms with van der Waals surface area (Å²) in [4.78, 5) is 13.0. The van der Waals surface area contributed by atoms with E-state index in [1.165, 1.54) is 23.5 Å². The standard InChI is InChI=1S/C17H12ClFOS/c1-10-2-3-11(14(18)6-10)7-15(20)17-8-12-4-5-13(19)9-16(12)21-17/h2-6,8-9H,7H2,1H3. The van der Waals surface area contributed by atoms with Gasteiger partial charge in [-0.05, 0) is 47.7 Å². The van der Waals surface area contributed by atoms with Gasteiger partial charge in [0.15, 0.2) is 5.78 Å². The molecule has 2 aromatic carbocycles. The second-order valence-electron chi connectivity index (χ2n) is 4.99. The first-order chi connectivity index (χ1) is 10.0. The highest BCUT2D eigenvalue weighted by atomic mass is 35.5. The summed E-state index contributed by atoms with van der Waals surface area (Å²) in [6.45, 7) is 1.96. The van der Waals surface area contributed by atoms with Crippen molar-refractivity contribution in [3.63, 3.8) is 0 Å². The number of rotatable bonds is 3. The molecule has 0 aliphatic heterocycles. The van der Waals surface area contributed by atoms with E-state index < -0.39 is 0 Å². The van der Waals surface area contributed by atoms with Gasteiger partial charge in [-0.3, -0.25) is 4.79 Å².